The number of hydrogen-bond donors (Lipinski definition) is 2. The molecule has 1 aliphatic carbocycles. The minimum Gasteiger partial charge on any atom is -0.493 e. The largest absolute Gasteiger partial charge is 0.493 e. The standard InChI is InChI=1S/C28H34ClN3O.C8H19NO/c1-2-3-18-32-27-8-6-4-5-7-26(27)31-28(32)21-30-20-23-11-15-25(16-12-23)33-19-17-22-9-13-24(29)14-10-22;1-4-9(5-2)7-6-8-10-3/h4-5,7-16,28,30-31H,2-3,6,17-21H2,1H3;4-8H2,1-3H3. The first kappa shape index (κ1) is 34.7. The second kappa shape index (κ2) is 20.2. The Labute approximate surface area is 265 Å². The van der Waals surface area contributed by atoms with Crippen molar-refractivity contribution in [2.75, 3.05) is 53.0 Å². The molecule has 2 aliphatic rings. The van der Waals surface area contributed by atoms with E-state index in [-0.39, 0.29) is 6.17 Å². The number of fused-ring (bicyclic) bond motifs is 1. The quantitative estimate of drug-likeness (QED) is 0.186. The molecule has 7 heteroatoms. The van der Waals surface area contributed by atoms with Crippen LogP contribution in [0.25, 0.3) is 0 Å². The third-order valence-electron chi connectivity index (χ3n) is 7.76. The highest BCUT2D eigenvalue weighted by Crippen LogP contribution is 2.26. The van der Waals surface area contributed by atoms with Crippen LogP contribution in [-0.4, -0.2) is 69.0 Å². The number of benzene rings is 2. The first-order chi connectivity index (χ1) is 21.1. The number of rotatable bonds is 17. The molecule has 0 amide bonds. The molecule has 1 atom stereocenters. The molecule has 2 aromatic rings. The van der Waals surface area contributed by atoms with Gasteiger partial charge in [-0.3, -0.25) is 0 Å². The van der Waals surface area contributed by atoms with Gasteiger partial charge >= 0.3 is 0 Å². The van der Waals surface area contributed by atoms with Gasteiger partial charge in [-0.1, -0.05) is 81.3 Å². The van der Waals surface area contributed by atoms with Crippen molar-refractivity contribution in [1.29, 1.82) is 0 Å². The van der Waals surface area contributed by atoms with Gasteiger partial charge in [-0.25, -0.2) is 0 Å². The van der Waals surface area contributed by atoms with E-state index in [1.807, 2.05) is 24.3 Å². The summed E-state index contributed by atoms with van der Waals surface area (Å²) >= 11 is 5.94. The molecule has 43 heavy (non-hydrogen) atoms. The summed E-state index contributed by atoms with van der Waals surface area (Å²) in [7, 11) is 1.75. The summed E-state index contributed by atoms with van der Waals surface area (Å²) in [6, 6.07) is 16.3. The molecule has 1 heterocycles. The summed E-state index contributed by atoms with van der Waals surface area (Å²) in [5.74, 6) is 0.906. The van der Waals surface area contributed by atoms with E-state index in [1.54, 1.807) is 7.11 Å². The molecule has 0 bridgehead atoms. The highest BCUT2D eigenvalue weighted by molar-refractivity contribution is 6.30. The predicted molar refractivity (Wildman–Crippen MR) is 182 cm³/mol. The Morgan fingerprint density at radius 3 is 2.42 bits per heavy atom. The predicted octanol–water partition coefficient (Wildman–Crippen LogP) is 7.17. The van der Waals surface area contributed by atoms with Gasteiger partial charge in [0.1, 0.15) is 11.9 Å². The van der Waals surface area contributed by atoms with Crippen LogP contribution in [0.1, 0.15) is 57.6 Å². The number of halogens is 1. The fourth-order valence-corrected chi connectivity index (χ4v) is 5.30. The molecule has 0 aromatic heterocycles. The van der Waals surface area contributed by atoms with Gasteiger partial charge in [-0.2, -0.15) is 0 Å². The van der Waals surface area contributed by atoms with Gasteiger partial charge in [-0.05, 0) is 73.8 Å². The van der Waals surface area contributed by atoms with Gasteiger partial charge in [0.2, 0.25) is 0 Å². The first-order valence-corrected chi connectivity index (χ1v) is 16.4. The number of hydrogen-bond acceptors (Lipinski definition) is 6. The summed E-state index contributed by atoms with van der Waals surface area (Å²) in [6.07, 6.45) is 14.6. The van der Waals surface area contributed by atoms with Crippen molar-refractivity contribution in [2.45, 2.75) is 65.6 Å². The topological polar surface area (TPSA) is 49.0 Å². The van der Waals surface area contributed by atoms with E-state index in [9.17, 15) is 0 Å². The Kier molecular flexibility index (Phi) is 16.3. The molecule has 0 radical (unpaired) electrons. The average molecular weight is 609 g/mol. The van der Waals surface area contributed by atoms with Crippen LogP contribution in [0.4, 0.5) is 0 Å². The summed E-state index contributed by atoms with van der Waals surface area (Å²) in [4.78, 5) is 4.92. The minimum atomic E-state index is 0.288. The lowest BCUT2D eigenvalue weighted by molar-refractivity contribution is 0.175. The van der Waals surface area contributed by atoms with Crippen molar-refractivity contribution < 1.29 is 9.47 Å². The maximum Gasteiger partial charge on any atom is 0.119 e. The molecular formula is C36H53ClN4O2. The van der Waals surface area contributed by atoms with Crippen molar-refractivity contribution in [3.05, 3.63) is 100 Å². The number of ether oxygens (including phenoxy) is 2. The summed E-state index contributed by atoms with van der Waals surface area (Å²) in [5, 5.41) is 8.11. The van der Waals surface area contributed by atoms with Crippen LogP contribution in [0, 0.1) is 0 Å². The van der Waals surface area contributed by atoms with Gasteiger partial charge in [0.15, 0.2) is 0 Å². The zero-order valence-electron chi connectivity index (χ0n) is 26.8. The van der Waals surface area contributed by atoms with Crippen molar-refractivity contribution in [3.8, 4) is 5.75 Å². The lowest BCUT2D eigenvalue weighted by atomic mass is 10.2. The van der Waals surface area contributed by atoms with Crippen molar-refractivity contribution in [1.82, 2.24) is 20.4 Å². The molecule has 1 unspecified atom stereocenters. The maximum absolute atomic E-state index is 5.94. The monoisotopic (exact) mass is 608 g/mol. The highest BCUT2D eigenvalue weighted by Gasteiger charge is 2.30. The van der Waals surface area contributed by atoms with Crippen molar-refractivity contribution in [2.24, 2.45) is 0 Å². The van der Waals surface area contributed by atoms with E-state index in [1.165, 1.54) is 41.9 Å². The summed E-state index contributed by atoms with van der Waals surface area (Å²) in [5.41, 5.74) is 5.08. The highest BCUT2D eigenvalue weighted by atomic mass is 35.5. The normalized spacial score (nSPS) is 15.7. The van der Waals surface area contributed by atoms with Crippen LogP contribution in [0.5, 0.6) is 5.75 Å². The smallest absolute Gasteiger partial charge is 0.119 e. The van der Waals surface area contributed by atoms with Gasteiger partial charge < -0.3 is 29.9 Å². The Morgan fingerprint density at radius 1 is 0.977 bits per heavy atom. The lowest BCUT2D eigenvalue weighted by Gasteiger charge is -2.27. The number of nitrogens with zero attached hydrogens (tertiary/aromatic N) is 2. The third kappa shape index (κ3) is 12.4. The number of methoxy groups -OCH3 is 1. The molecule has 2 N–H and O–H groups in total. The Balaban J connectivity index is 0.000000436. The second-order valence-electron chi connectivity index (χ2n) is 10.9. The molecule has 6 nitrogen and oxygen atoms in total. The molecule has 1 fully saturated rings. The SMILES string of the molecule is CCCCN1C2=CCC=CC=C2NC1CNCc1ccc(OCCc2ccc(Cl)cc2)cc1.CCN(CC)CCCOC. The van der Waals surface area contributed by atoms with E-state index < -0.39 is 0 Å². The Bertz CT molecular complexity index is 1130. The Morgan fingerprint density at radius 2 is 1.72 bits per heavy atom. The molecule has 2 aromatic carbocycles. The van der Waals surface area contributed by atoms with Gasteiger partial charge in [0.05, 0.1) is 18.0 Å². The van der Waals surface area contributed by atoms with Crippen molar-refractivity contribution >= 4 is 11.6 Å². The number of nitrogens with one attached hydrogen (secondary N) is 2. The van der Waals surface area contributed by atoms with Gasteiger partial charge in [0.25, 0.3) is 0 Å². The van der Waals surface area contributed by atoms with Gasteiger partial charge in [0, 0.05) is 51.3 Å². The van der Waals surface area contributed by atoms with Crippen LogP contribution >= 0.6 is 11.6 Å². The third-order valence-corrected chi connectivity index (χ3v) is 8.01. The molecule has 0 spiro atoms. The van der Waals surface area contributed by atoms with E-state index in [2.05, 4.69) is 89.8 Å². The molecule has 1 saturated heterocycles. The van der Waals surface area contributed by atoms with Crippen molar-refractivity contribution in [3.63, 3.8) is 0 Å². The molecular weight excluding hydrogens is 556 g/mol. The maximum atomic E-state index is 5.94. The molecule has 236 valence electrons. The molecule has 0 saturated carbocycles. The molecule has 4 rings (SSSR count). The lowest BCUT2D eigenvalue weighted by Crippen LogP contribution is -2.43. The fourth-order valence-electron chi connectivity index (χ4n) is 5.17. The van der Waals surface area contributed by atoms with E-state index in [0.717, 1.165) is 69.4 Å². The van der Waals surface area contributed by atoms with E-state index >= 15 is 0 Å². The van der Waals surface area contributed by atoms with Crippen LogP contribution in [-0.2, 0) is 17.7 Å². The van der Waals surface area contributed by atoms with E-state index in [4.69, 9.17) is 21.1 Å². The van der Waals surface area contributed by atoms with E-state index in [0.29, 0.717) is 6.61 Å². The Hall–Kier alpha value is -2.77. The summed E-state index contributed by atoms with van der Waals surface area (Å²) < 4.78 is 10.9. The average Bonchev–Trinajstić information content (AvgIpc) is 3.18. The van der Waals surface area contributed by atoms with Crippen LogP contribution in [0.15, 0.2) is 84.2 Å². The van der Waals surface area contributed by atoms with Gasteiger partial charge in [-0.15, -0.1) is 0 Å². The second-order valence-corrected chi connectivity index (χ2v) is 11.4. The minimum absolute atomic E-state index is 0.288. The van der Waals surface area contributed by atoms with Crippen LogP contribution < -0.4 is 15.4 Å². The first-order valence-electron chi connectivity index (χ1n) is 16.1. The van der Waals surface area contributed by atoms with Crippen LogP contribution in [0.2, 0.25) is 5.02 Å². The number of allylic oxidation sites excluding steroid dienone is 4. The molecule has 1 aliphatic heterocycles. The zero-order valence-corrected chi connectivity index (χ0v) is 27.5. The zero-order chi connectivity index (χ0) is 30.7. The summed E-state index contributed by atoms with van der Waals surface area (Å²) in [6.45, 7) is 14.5. The fraction of sp³-hybridized carbons (Fsp3) is 0.500. The number of unbranched alkanes of at least 4 members (excludes halogenated alkanes) is 1. The van der Waals surface area contributed by atoms with Crippen LogP contribution in [0.3, 0.4) is 0 Å².